The minimum absolute atomic E-state index is 0.0755. The van der Waals surface area contributed by atoms with Crippen LogP contribution in [0.25, 0.3) is 11.1 Å². The maximum Gasteiger partial charge on any atom is 0.262 e. The molecule has 1 aromatic heterocycles. The lowest BCUT2D eigenvalue weighted by atomic mass is 9.91. The average molecular weight is 976 g/mol. The Balaban J connectivity index is 0.605. The molecule has 7 heterocycles. The third kappa shape index (κ3) is 8.83. The van der Waals surface area contributed by atoms with E-state index in [0.717, 1.165) is 160 Å². The number of hydrogen-bond acceptors (Lipinski definition) is 11. The number of carbonyl (C=O) groups is 6. The van der Waals surface area contributed by atoms with Gasteiger partial charge >= 0.3 is 0 Å². The summed E-state index contributed by atoms with van der Waals surface area (Å²) in [4.78, 5) is 90.3. The number of amides is 6. The second-order valence-electron chi connectivity index (χ2n) is 21.7. The number of fused-ring (bicyclic) bond motifs is 2. The van der Waals surface area contributed by atoms with Gasteiger partial charge in [0.25, 0.3) is 17.7 Å². The topological polar surface area (TPSA) is 161 Å². The lowest BCUT2D eigenvalue weighted by molar-refractivity contribution is -0.136. The standard InChI is InChI=1S/C56H65N9O7/c1-35-5-13-46-48(64(35)54(69)38-6-7-38)16-15-44(51(46)72-43-3-2-4-43)39-32-57-63(34-39)41-21-25-62(26-22-41)53(68)37-8-10-40(11-9-37)60-23-19-36(20-24-60)33-59-27-29-61(30-28-59)42-12-14-45-47(31-42)56(71)65(55(45)70)49-17-18-50(66)58-52(49)67/h8-12,14-16,31-32,34-36,38,41,43,49H,2-7,13,17-30,33H2,1H3,(H,58,66,67)/t35-,49?/m0/s1. The highest BCUT2D eigenvalue weighted by molar-refractivity contribution is 6.23. The summed E-state index contributed by atoms with van der Waals surface area (Å²) in [5.41, 5.74) is 7.63. The number of benzene rings is 3. The van der Waals surface area contributed by atoms with Crippen LogP contribution >= 0.6 is 0 Å². The second-order valence-corrected chi connectivity index (χ2v) is 21.7. The molecule has 4 aromatic rings. The first-order chi connectivity index (χ1) is 35.0. The quantitative estimate of drug-likeness (QED) is 0.164. The Kier molecular flexibility index (Phi) is 12.4. The van der Waals surface area contributed by atoms with Gasteiger partial charge in [-0.1, -0.05) is 0 Å². The molecule has 2 saturated carbocycles. The van der Waals surface area contributed by atoms with E-state index in [9.17, 15) is 28.8 Å². The van der Waals surface area contributed by atoms with Crippen molar-refractivity contribution in [3.05, 3.63) is 89.2 Å². The van der Waals surface area contributed by atoms with Crippen molar-refractivity contribution in [2.24, 2.45) is 11.8 Å². The monoisotopic (exact) mass is 976 g/mol. The van der Waals surface area contributed by atoms with E-state index in [1.807, 2.05) is 29.3 Å². The van der Waals surface area contributed by atoms with Gasteiger partial charge in [-0.2, -0.15) is 5.10 Å². The highest BCUT2D eigenvalue weighted by Crippen LogP contribution is 2.46. The summed E-state index contributed by atoms with van der Waals surface area (Å²) >= 11 is 0. The molecule has 4 saturated heterocycles. The third-order valence-electron chi connectivity index (χ3n) is 17.1. The van der Waals surface area contributed by atoms with Crippen LogP contribution < -0.4 is 24.8 Å². The molecule has 2 atom stereocenters. The van der Waals surface area contributed by atoms with Crippen molar-refractivity contribution in [2.45, 2.75) is 115 Å². The second kappa shape index (κ2) is 19.1. The Bertz CT molecular complexity index is 2800. The molecule has 6 amide bonds. The molecule has 8 aliphatic rings. The van der Waals surface area contributed by atoms with Crippen molar-refractivity contribution in [3.8, 4) is 16.9 Å². The Morgan fingerprint density at radius 3 is 2.12 bits per heavy atom. The molecule has 6 aliphatic heterocycles. The van der Waals surface area contributed by atoms with E-state index in [2.05, 4.69) is 67.0 Å². The van der Waals surface area contributed by atoms with Crippen LogP contribution in [0.2, 0.25) is 0 Å². The molecule has 0 radical (unpaired) electrons. The largest absolute Gasteiger partial charge is 0.489 e. The van der Waals surface area contributed by atoms with Crippen molar-refractivity contribution in [2.75, 3.05) is 73.6 Å². The van der Waals surface area contributed by atoms with Gasteiger partial charge < -0.3 is 24.3 Å². The van der Waals surface area contributed by atoms with Crippen LogP contribution in [0.15, 0.2) is 67.0 Å². The number of rotatable bonds is 11. The predicted octanol–water partition coefficient (Wildman–Crippen LogP) is 6.48. The molecule has 16 heteroatoms. The molecule has 72 heavy (non-hydrogen) atoms. The van der Waals surface area contributed by atoms with Crippen LogP contribution in [-0.2, 0) is 20.8 Å². The number of carbonyl (C=O) groups excluding carboxylic acids is 6. The van der Waals surface area contributed by atoms with Crippen molar-refractivity contribution in [1.82, 2.24) is 29.8 Å². The van der Waals surface area contributed by atoms with E-state index >= 15 is 0 Å². The molecular formula is C56H65N9O7. The van der Waals surface area contributed by atoms with Crippen molar-refractivity contribution < 1.29 is 33.5 Å². The summed E-state index contributed by atoms with van der Waals surface area (Å²) < 4.78 is 8.86. The minimum Gasteiger partial charge on any atom is -0.489 e. The van der Waals surface area contributed by atoms with Gasteiger partial charge in [-0.3, -0.25) is 48.6 Å². The normalized spacial score (nSPS) is 23.5. The smallest absolute Gasteiger partial charge is 0.262 e. The number of nitrogens with zero attached hydrogens (tertiary/aromatic N) is 8. The molecule has 2 aliphatic carbocycles. The highest BCUT2D eigenvalue weighted by atomic mass is 16.5. The molecule has 0 bridgehead atoms. The molecule has 6 fully saturated rings. The fourth-order valence-corrected chi connectivity index (χ4v) is 12.3. The first kappa shape index (κ1) is 46.5. The van der Waals surface area contributed by atoms with Crippen molar-refractivity contribution >= 4 is 52.5 Å². The van der Waals surface area contributed by atoms with Crippen LogP contribution in [0.3, 0.4) is 0 Å². The zero-order valence-corrected chi connectivity index (χ0v) is 41.3. The molecule has 0 spiro atoms. The summed E-state index contributed by atoms with van der Waals surface area (Å²) in [6.07, 6.45) is 15.5. The molecule has 1 unspecified atom stereocenters. The fourth-order valence-electron chi connectivity index (χ4n) is 12.3. The van der Waals surface area contributed by atoms with Crippen LogP contribution in [-0.4, -0.2) is 137 Å². The number of anilines is 3. The number of nitrogens with one attached hydrogen (secondary N) is 1. The maximum absolute atomic E-state index is 13.8. The molecule has 3 aromatic carbocycles. The SMILES string of the molecule is C[C@H]1CCc2c(ccc(-c3cnn(C4CCN(C(=O)c5ccc(N6CCC(CN7CCN(c8ccc9c(c8)C(=O)N(C8CCC(=O)NC8=O)C9=O)CC7)CC6)cc5)CC4)c3)c2OC2CCC2)N1C(=O)C1CC1. The molecule has 376 valence electrons. The number of imide groups is 2. The van der Waals surface area contributed by atoms with Gasteiger partial charge in [0.2, 0.25) is 17.7 Å². The Hall–Kier alpha value is -6.55. The number of likely N-dealkylation sites (tertiary alicyclic amines) is 1. The lowest BCUT2D eigenvalue weighted by Crippen LogP contribution is -2.54. The molecule has 12 rings (SSSR count). The first-order valence-electron chi connectivity index (χ1n) is 26.7. The Morgan fingerprint density at radius 1 is 0.708 bits per heavy atom. The summed E-state index contributed by atoms with van der Waals surface area (Å²) in [5, 5.41) is 7.14. The minimum atomic E-state index is -0.973. The summed E-state index contributed by atoms with van der Waals surface area (Å²) in [6, 6.07) is 17.2. The zero-order chi connectivity index (χ0) is 49.2. The summed E-state index contributed by atoms with van der Waals surface area (Å²) in [5.74, 6) is 0.0655. The van der Waals surface area contributed by atoms with E-state index in [-0.39, 0.29) is 54.7 Å². The number of aromatic nitrogens is 2. The van der Waals surface area contributed by atoms with E-state index in [0.29, 0.717) is 30.1 Å². The van der Waals surface area contributed by atoms with E-state index in [4.69, 9.17) is 9.84 Å². The lowest BCUT2D eigenvalue weighted by Gasteiger charge is -2.40. The van der Waals surface area contributed by atoms with E-state index in [1.165, 1.54) is 6.42 Å². The van der Waals surface area contributed by atoms with E-state index in [1.54, 1.807) is 12.1 Å². The number of piperazine rings is 1. The van der Waals surface area contributed by atoms with Gasteiger partial charge in [-0.25, -0.2) is 0 Å². The van der Waals surface area contributed by atoms with Gasteiger partial charge in [-0.05, 0) is 144 Å². The zero-order valence-electron chi connectivity index (χ0n) is 41.3. The van der Waals surface area contributed by atoms with E-state index < -0.39 is 23.8 Å². The fraction of sp³-hybridized carbons (Fsp3) is 0.518. The van der Waals surface area contributed by atoms with Crippen LogP contribution in [0.1, 0.15) is 127 Å². The maximum atomic E-state index is 13.8. The van der Waals surface area contributed by atoms with Crippen molar-refractivity contribution in [3.63, 3.8) is 0 Å². The molecule has 16 nitrogen and oxygen atoms in total. The van der Waals surface area contributed by atoms with Gasteiger partial charge in [0.05, 0.1) is 35.2 Å². The summed E-state index contributed by atoms with van der Waals surface area (Å²) in [6.45, 7) is 9.92. The average Bonchev–Trinajstić information content (AvgIpc) is 4.08. The first-order valence-corrected chi connectivity index (χ1v) is 26.7. The highest BCUT2D eigenvalue weighted by Gasteiger charge is 2.45. The molecular weight excluding hydrogens is 911 g/mol. The van der Waals surface area contributed by atoms with Gasteiger partial charge in [0.15, 0.2) is 0 Å². The number of hydrogen-bond donors (Lipinski definition) is 1. The third-order valence-corrected chi connectivity index (χ3v) is 17.1. The predicted molar refractivity (Wildman–Crippen MR) is 271 cm³/mol. The Labute approximate surface area is 420 Å². The van der Waals surface area contributed by atoms with Crippen LogP contribution in [0.5, 0.6) is 5.75 Å². The summed E-state index contributed by atoms with van der Waals surface area (Å²) in [7, 11) is 0. The number of ether oxygens (including phenoxy) is 1. The van der Waals surface area contributed by atoms with Crippen LogP contribution in [0.4, 0.5) is 17.1 Å². The Morgan fingerprint density at radius 2 is 1.42 bits per heavy atom. The van der Waals surface area contributed by atoms with Gasteiger partial charge in [-0.15, -0.1) is 0 Å². The van der Waals surface area contributed by atoms with Crippen molar-refractivity contribution in [1.29, 1.82) is 0 Å². The molecule has 1 N–H and O–H groups in total. The number of piperidine rings is 3. The van der Waals surface area contributed by atoms with Crippen LogP contribution in [0, 0.1) is 11.8 Å². The van der Waals surface area contributed by atoms with Gasteiger partial charge in [0, 0.05) is 117 Å². The van der Waals surface area contributed by atoms with Gasteiger partial charge in [0.1, 0.15) is 11.8 Å².